The summed E-state index contributed by atoms with van der Waals surface area (Å²) in [5.74, 6) is 0.147. The topological polar surface area (TPSA) is 73.5 Å². The quantitative estimate of drug-likeness (QED) is 0.715. The Kier molecular flexibility index (Phi) is 5.75. The second-order valence-electron chi connectivity index (χ2n) is 7.34. The molecular weight excluding hydrogens is 292 g/mol. The molecule has 3 N–H and O–H groups in total. The molecule has 0 aromatic rings. The van der Waals surface area contributed by atoms with E-state index in [2.05, 4.69) is 20.9 Å². The van der Waals surface area contributed by atoms with Crippen LogP contribution in [0.2, 0.25) is 0 Å². The van der Waals surface area contributed by atoms with Crippen LogP contribution >= 0.6 is 0 Å². The van der Waals surface area contributed by atoms with Crippen molar-refractivity contribution in [3.8, 4) is 0 Å². The highest BCUT2D eigenvalue weighted by Crippen LogP contribution is 2.19. The molecule has 3 aliphatic rings. The summed E-state index contributed by atoms with van der Waals surface area (Å²) in [7, 11) is 0. The summed E-state index contributed by atoms with van der Waals surface area (Å²) in [4.78, 5) is 26.1. The molecule has 0 radical (unpaired) electrons. The maximum absolute atomic E-state index is 12.1. The standard InChI is InChI=1S/C17H30N4O2/c22-16(18-14-6-7-14)12-21-10-8-15(9-11-21)20-17(23)19-13-4-2-1-3-5-13/h13-15H,1-12H2,(H,18,22)(H2,19,20,23). The van der Waals surface area contributed by atoms with E-state index in [4.69, 9.17) is 0 Å². The molecule has 23 heavy (non-hydrogen) atoms. The molecule has 3 fully saturated rings. The van der Waals surface area contributed by atoms with Crippen molar-refractivity contribution in [1.82, 2.24) is 20.9 Å². The predicted molar refractivity (Wildman–Crippen MR) is 89.2 cm³/mol. The van der Waals surface area contributed by atoms with Crippen molar-refractivity contribution in [1.29, 1.82) is 0 Å². The monoisotopic (exact) mass is 322 g/mol. The number of hydrogen-bond acceptors (Lipinski definition) is 3. The van der Waals surface area contributed by atoms with Gasteiger partial charge >= 0.3 is 6.03 Å². The zero-order valence-electron chi connectivity index (χ0n) is 14.0. The Labute approximate surface area is 138 Å². The van der Waals surface area contributed by atoms with Gasteiger partial charge in [-0.05, 0) is 38.5 Å². The fourth-order valence-corrected chi connectivity index (χ4v) is 3.60. The van der Waals surface area contributed by atoms with E-state index >= 15 is 0 Å². The van der Waals surface area contributed by atoms with E-state index < -0.39 is 0 Å². The number of likely N-dealkylation sites (tertiary alicyclic amines) is 1. The zero-order chi connectivity index (χ0) is 16.1. The highest BCUT2D eigenvalue weighted by atomic mass is 16.2. The number of amides is 3. The summed E-state index contributed by atoms with van der Waals surface area (Å²) in [6, 6.07) is 1.02. The Balaban J connectivity index is 1.30. The van der Waals surface area contributed by atoms with E-state index in [1.165, 1.54) is 19.3 Å². The summed E-state index contributed by atoms with van der Waals surface area (Å²) in [5, 5.41) is 9.25. The third-order valence-electron chi connectivity index (χ3n) is 5.17. The first kappa shape index (κ1) is 16.6. The highest BCUT2D eigenvalue weighted by molar-refractivity contribution is 5.78. The number of hydrogen-bond donors (Lipinski definition) is 3. The fourth-order valence-electron chi connectivity index (χ4n) is 3.60. The van der Waals surface area contributed by atoms with Crippen molar-refractivity contribution in [2.75, 3.05) is 19.6 Å². The number of carbonyl (C=O) groups excluding carboxylic acids is 2. The van der Waals surface area contributed by atoms with Crippen molar-refractivity contribution in [3.63, 3.8) is 0 Å². The molecular formula is C17H30N4O2. The first-order chi connectivity index (χ1) is 11.2. The van der Waals surface area contributed by atoms with Gasteiger partial charge in [0.1, 0.15) is 0 Å². The SMILES string of the molecule is O=C(CN1CCC(NC(=O)NC2CCCCC2)CC1)NC1CC1. The van der Waals surface area contributed by atoms with Crippen molar-refractivity contribution in [3.05, 3.63) is 0 Å². The Morgan fingerprint density at radius 2 is 1.30 bits per heavy atom. The normalized spacial score (nSPS) is 24.2. The molecule has 1 saturated heterocycles. The van der Waals surface area contributed by atoms with Gasteiger partial charge in [0.05, 0.1) is 6.54 Å². The lowest BCUT2D eigenvalue weighted by atomic mass is 9.96. The minimum Gasteiger partial charge on any atom is -0.352 e. The highest BCUT2D eigenvalue weighted by Gasteiger charge is 2.26. The Hall–Kier alpha value is -1.30. The molecule has 0 bridgehead atoms. The van der Waals surface area contributed by atoms with Gasteiger partial charge in [-0.1, -0.05) is 19.3 Å². The molecule has 3 rings (SSSR count). The van der Waals surface area contributed by atoms with Gasteiger partial charge in [-0.2, -0.15) is 0 Å². The Morgan fingerprint density at radius 1 is 0.739 bits per heavy atom. The van der Waals surface area contributed by atoms with E-state index in [0.717, 1.165) is 51.6 Å². The molecule has 0 aromatic carbocycles. The first-order valence-corrected chi connectivity index (χ1v) is 9.28. The van der Waals surface area contributed by atoms with Gasteiger partial charge in [0.25, 0.3) is 0 Å². The molecule has 3 amide bonds. The molecule has 130 valence electrons. The lowest BCUT2D eigenvalue weighted by Crippen LogP contribution is -2.51. The lowest BCUT2D eigenvalue weighted by Gasteiger charge is -2.32. The first-order valence-electron chi connectivity index (χ1n) is 9.28. The van der Waals surface area contributed by atoms with E-state index in [1.807, 2.05) is 0 Å². The van der Waals surface area contributed by atoms with Gasteiger partial charge in [0.2, 0.25) is 5.91 Å². The summed E-state index contributed by atoms with van der Waals surface area (Å²) >= 11 is 0. The zero-order valence-corrected chi connectivity index (χ0v) is 14.0. The third-order valence-corrected chi connectivity index (χ3v) is 5.17. The second kappa shape index (κ2) is 7.99. The molecule has 0 aromatic heterocycles. The van der Waals surface area contributed by atoms with Gasteiger partial charge < -0.3 is 16.0 Å². The van der Waals surface area contributed by atoms with Gasteiger partial charge in [0.15, 0.2) is 0 Å². The fraction of sp³-hybridized carbons (Fsp3) is 0.882. The average Bonchev–Trinajstić information content (AvgIpc) is 3.34. The van der Waals surface area contributed by atoms with Crippen LogP contribution in [0.1, 0.15) is 57.8 Å². The summed E-state index contributed by atoms with van der Waals surface area (Å²) in [5.41, 5.74) is 0. The number of nitrogens with one attached hydrogen (secondary N) is 3. The van der Waals surface area contributed by atoms with Gasteiger partial charge in [-0.25, -0.2) is 4.79 Å². The van der Waals surface area contributed by atoms with Crippen LogP contribution in [0.3, 0.4) is 0 Å². The van der Waals surface area contributed by atoms with E-state index in [0.29, 0.717) is 18.6 Å². The van der Waals surface area contributed by atoms with Crippen LogP contribution in [0.4, 0.5) is 4.79 Å². The van der Waals surface area contributed by atoms with Crippen molar-refractivity contribution in [2.24, 2.45) is 0 Å². The largest absolute Gasteiger partial charge is 0.352 e. The molecule has 2 aliphatic carbocycles. The van der Waals surface area contributed by atoms with Crippen LogP contribution in [0.5, 0.6) is 0 Å². The van der Waals surface area contributed by atoms with Crippen LogP contribution in [0, 0.1) is 0 Å². The smallest absolute Gasteiger partial charge is 0.315 e. The van der Waals surface area contributed by atoms with Crippen LogP contribution in [0.15, 0.2) is 0 Å². The molecule has 6 nitrogen and oxygen atoms in total. The van der Waals surface area contributed by atoms with Crippen molar-refractivity contribution >= 4 is 11.9 Å². The van der Waals surface area contributed by atoms with Crippen molar-refractivity contribution in [2.45, 2.75) is 75.9 Å². The summed E-state index contributed by atoms with van der Waals surface area (Å²) < 4.78 is 0. The number of urea groups is 1. The molecule has 0 atom stereocenters. The second-order valence-corrected chi connectivity index (χ2v) is 7.34. The van der Waals surface area contributed by atoms with Crippen LogP contribution in [-0.4, -0.2) is 54.6 Å². The third kappa shape index (κ3) is 5.68. The number of rotatable bonds is 5. The molecule has 0 spiro atoms. The molecule has 2 saturated carbocycles. The molecule has 1 heterocycles. The molecule has 6 heteroatoms. The average molecular weight is 322 g/mol. The number of carbonyl (C=O) groups is 2. The Bertz CT molecular complexity index is 411. The number of nitrogens with zero attached hydrogens (tertiary/aromatic N) is 1. The van der Waals surface area contributed by atoms with Crippen LogP contribution in [0.25, 0.3) is 0 Å². The van der Waals surface area contributed by atoms with E-state index in [1.54, 1.807) is 0 Å². The maximum atomic E-state index is 12.1. The van der Waals surface area contributed by atoms with Crippen LogP contribution < -0.4 is 16.0 Å². The maximum Gasteiger partial charge on any atom is 0.315 e. The van der Waals surface area contributed by atoms with Gasteiger partial charge in [-0.3, -0.25) is 9.69 Å². The summed E-state index contributed by atoms with van der Waals surface area (Å²) in [6.07, 6.45) is 10.1. The number of piperidine rings is 1. The predicted octanol–water partition coefficient (Wildman–Crippen LogP) is 1.36. The van der Waals surface area contributed by atoms with Crippen molar-refractivity contribution < 1.29 is 9.59 Å². The minimum absolute atomic E-state index is 0.0122. The summed E-state index contributed by atoms with van der Waals surface area (Å²) in [6.45, 7) is 2.26. The van der Waals surface area contributed by atoms with Crippen LogP contribution in [-0.2, 0) is 4.79 Å². The van der Waals surface area contributed by atoms with Gasteiger partial charge in [-0.15, -0.1) is 0 Å². The van der Waals surface area contributed by atoms with E-state index in [9.17, 15) is 9.59 Å². The molecule has 0 unspecified atom stereocenters. The minimum atomic E-state index is -0.0122. The van der Waals surface area contributed by atoms with Gasteiger partial charge in [0, 0.05) is 31.2 Å². The van der Waals surface area contributed by atoms with E-state index in [-0.39, 0.29) is 18.0 Å². The lowest BCUT2D eigenvalue weighted by molar-refractivity contribution is -0.122. The molecule has 1 aliphatic heterocycles. The Morgan fingerprint density at radius 3 is 1.91 bits per heavy atom.